The second-order valence-corrected chi connectivity index (χ2v) is 7.34. The Morgan fingerprint density at radius 1 is 0.733 bits per heavy atom. The molecule has 0 spiro atoms. The Hall–Kier alpha value is -3.12. The fourth-order valence-corrected chi connectivity index (χ4v) is 4.24. The van der Waals surface area contributed by atoms with Gasteiger partial charge in [-0.3, -0.25) is 4.79 Å². The Morgan fingerprint density at radius 3 is 1.67 bits per heavy atom. The van der Waals surface area contributed by atoms with Gasteiger partial charge in [0, 0.05) is 11.1 Å². The van der Waals surface area contributed by atoms with Gasteiger partial charge in [0.05, 0.1) is 6.42 Å². The van der Waals surface area contributed by atoms with Crippen LogP contribution in [-0.4, -0.2) is 11.1 Å². The molecule has 0 amide bonds. The first-order valence-corrected chi connectivity index (χ1v) is 10.4. The summed E-state index contributed by atoms with van der Waals surface area (Å²) in [5, 5.41) is 9.72. The molecule has 0 aliphatic rings. The summed E-state index contributed by atoms with van der Waals surface area (Å²) in [6.07, 6.45) is -0.136. The molecule has 4 heteroatoms. The van der Waals surface area contributed by atoms with E-state index in [1.165, 1.54) is 0 Å². The van der Waals surface area contributed by atoms with E-state index in [0.717, 1.165) is 33.4 Å². The molecule has 0 aliphatic carbocycles. The van der Waals surface area contributed by atoms with E-state index in [1.54, 1.807) is 0 Å². The molecule has 0 atom stereocenters. The highest BCUT2D eigenvalue weighted by atomic mass is 127. The zero-order chi connectivity index (χ0) is 20.9. The Kier molecular flexibility index (Phi) is 6.14. The van der Waals surface area contributed by atoms with Gasteiger partial charge in [-0.2, -0.15) is 0 Å². The fraction of sp³-hybridized carbons (Fsp3) is 0.0385. The van der Waals surface area contributed by atoms with Crippen molar-refractivity contribution >= 4 is 29.0 Å². The average Bonchev–Trinajstić information content (AvgIpc) is 2.79. The molecule has 0 bridgehead atoms. The van der Waals surface area contributed by atoms with Crippen LogP contribution < -0.4 is 3.07 Å². The number of benzene rings is 4. The lowest BCUT2D eigenvalue weighted by Gasteiger charge is -2.21. The largest absolute Gasteiger partial charge is 0.481 e. The first kappa shape index (κ1) is 20.2. The third kappa shape index (κ3) is 4.09. The molecule has 0 saturated carbocycles. The van der Waals surface area contributed by atoms with Gasteiger partial charge < -0.3 is 8.17 Å². The summed E-state index contributed by atoms with van der Waals surface area (Å²) in [6.45, 7) is 0. The van der Waals surface area contributed by atoms with Crippen molar-refractivity contribution in [3.8, 4) is 39.1 Å². The zero-order valence-corrected chi connectivity index (χ0v) is 18.2. The molecule has 0 aliphatic heterocycles. The summed E-state index contributed by atoms with van der Waals surface area (Å²) < 4.78 is 5.79. The highest BCUT2D eigenvalue weighted by Crippen LogP contribution is 2.46. The van der Waals surface area contributed by atoms with E-state index >= 15 is 0 Å². The summed E-state index contributed by atoms with van der Waals surface area (Å²) in [5.41, 5.74) is 6.38. The Balaban J connectivity index is 2.13. The lowest BCUT2D eigenvalue weighted by atomic mass is 9.85. The Labute approximate surface area is 189 Å². The lowest BCUT2D eigenvalue weighted by Crippen LogP contribution is -2.06. The van der Waals surface area contributed by atoms with Crippen LogP contribution in [0.5, 0.6) is 5.75 Å². The minimum absolute atomic E-state index is 0.136. The lowest BCUT2D eigenvalue weighted by molar-refractivity contribution is -0.136. The van der Waals surface area contributed by atoms with Crippen molar-refractivity contribution < 1.29 is 13.0 Å². The molecule has 0 heterocycles. The van der Waals surface area contributed by atoms with Crippen molar-refractivity contribution in [2.45, 2.75) is 6.42 Å². The van der Waals surface area contributed by atoms with E-state index in [-0.39, 0.29) is 6.42 Å². The van der Waals surface area contributed by atoms with Crippen LogP contribution in [0.4, 0.5) is 0 Å². The second kappa shape index (κ2) is 9.13. The highest BCUT2D eigenvalue weighted by molar-refractivity contribution is 14.1. The third-order valence-electron chi connectivity index (χ3n) is 5.02. The molecule has 4 aromatic rings. The number of halogens is 1. The summed E-state index contributed by atoms with van der Waals surface area (Å²) in [7, 11) is 0. The molecule has 0 aromatic heterocycles. The minimum atomic E-state index is -0.897. The van der Waals surface area contributed by atoms with Crippen LogP contribution in [0, 0.1) is 0 Å². The van der Waals surface area contributed by atoms with Crippen molar-refractivity contribution in [2.75, 3.05) is 0 Å². The number of aliphatic carboxylic acids is 1. The zero-order valence-electron chi connectivity index (χ0n) is 16.1. The van der Waals surface area contributed by atoms with Crippen molar-refractivity contribution in [3.63, 3.8) is 0 Å². The van der Waals surface area contributed by atoms with E-state index < -0.39 is 5.97 Å². The summed E-state index contributed by atoms with van der Waals surface area (Å²) >= 11 is 1.85. The van der Waals surface area contributed by atoms with Crippen LogP contribution in [-0.2, 0) is 11.2 Å². The predicted molar refractivity (Wildman–Crippen MR) is 129 cm³/mol. The van der Waals surface area contributed by atoms with Gasteiger partial charge in [0.2, 0.25) is 0 Å². The van der Waals surface area contributed by atoms with E-state index in [2.05, 4.69) is 6.07 Å². The first-order chi connectivity index (χ1) is 14.7. The summed E-state index contributed by atoms with van der Waals surface area (Å²) in [6, 6.07) is 32.0. The number of rotatable bonds is 6. The molecule has 0 radical (unpaired) electrons. The number of hydrogen-bond acceptors (Lipinski definition) is 2. The van der Waals surface area contributed by atoms with Gasteiger partial charge in [0.15, 0.2) is 23.0 Å². The minimum Gasteiger partial charge on any atom is -0.481 e. The van der Waals surface area contributed by atoms with Crippen molar-refractivity contribution in [1.82, 2.24) is 0 Å². The van der Waals surface area contributed by atoms with Crippen molar-refractivity contribution in [3.05, 3.63) is 103 Å². The molecule has 148 valence electrons. The molecule has 30 heavy (non-hydrogen) atoms. The number of carboxylic acid groups (broad SMARTS) is 1. The van der Waals surface area contributed by atoms with E-state index in [9.17, 15) is 9.90 Å². The van der Waals surface area contributed by atoms with Crippen LogP contribution in [0.1, 0.15) is 5.56 Å². The van der Waals surface area contributed by atoms with Crippen LogP contribution in [0.25, 0.3) is 33.4 Å². The van der Waals surface area contributed by atoms with Gasteiger partial charge in [0.25, 0.3) is 0 Å². The van der Waals surface area contributed by atoms with Gasteiger partial charge in [-0.1, -0.05) is 91.0 Å². The number of carbonyl (C=O) groups is 1. The van der Waals surface area contributed by atoms with Gasteiger partial charge in [0.1, 0.15) is 5.75 Å². The van der Waals surface area contributed by atoms with Crippen molar-refractivity contribution in [1.29, 1.82) is 0 Å². The Morgan fingerprint density at radius 2 is 1.20 bits per heavy atom. The molecule has 4 rings (SSSR count). The van der Waals surface area contributed by atoms with E-state index in [4.69, 9.17) is 3.07 Å². The standard InChI is InChI=1S/C26H19IO3/c27-30-26-22(19-12-6-2-7-13-19)16-21(18-10-4-1-5-11-18)25(23(26)17-24(28)29)20-14-8-3-9-15-20/h1-16H,17H2,(H,28,29). The highest BCUT2D eigenvalue weighted by Gasteiger charge is 2.23. The molecular formula is C26H19IO3. The monoisotopic (exact) mass is 506 g/mol. The summed E-state index contributed by atoms with van der Waals surface area (Å²) in [4.78, 5) is 11.9. The smallest absolute Gasteiger partial charge is 0.307 e. The first-order valence-electron chi connectivity index (χ1n) is 9.55. The average molecular weight is 506 g/mol. The maximum atomic E-state index is 11.9. The molecule has 1 N–H and O–H groups in total. The molecule has 0 fully saturated rings. The van der Waals surface area contributed by atoms with Gasteiger partial charge >= 0.3 is 5.97 Å². The quantitative estimate of drug-likeness (QED) is 0.285. The topological polar surface area (TPSA) is 46.5 Å². The molecule has 0 unspecified atom stereocenters. The number of carboxylic acids is 1. The normalized spacial score (nSPS) is 10.6. The molecular weight excluding hydrogens is 487 g/mol. The van der Waals surface area contributed by atoms with Gasteiger partial charge in [-0.05, 0) is 33.9 Å². The number of hydrogen-bond donors (Lipinski definition) is 1. The third-order valence-corrected chi connectivity index (χ3v) is 5.46. The van der Waals surface area contributed by atoms with Crippen LogP contribution >= 0.6 is 23.0 Å². The van der Waals surface area contributed by atoms with Gasteiger partial charge in [-0.25, -0.2) is 0 Å². The van der Waals surface area contributed by atoms with Crippen LogP contribution in [0.2, 0.25) is 0 Å². The van der Waals surface area contributed by atoms with E-state index in [0.29, 0.717) is 11.3 Å². The predicted octanol–water partition coefficient (Wildman–Crippen LogP) is 7.04. The summed E-state index contributed by atoms with van der Waals surface area (Å²) in [5.74, 6) is -0.311. The maximum absolute atomic E-state index is 11.9. The van der Waals surface area contributed by atoms with Gasteiger partial charge in [-0.15, -0.1) is 0 Å². The van der Waals surface area contributed by atoms with Crippen LogP contribution in [0.15, 0.2) is 97.1 Å². The SMILES string of the molecule is O=C(O)Cc1c(OI)c(-c2ccccc2)cc(-c2ccccc2)c1-c1ccccc1. The second-order valence-electron chi connectivity index (χ2n) is 6.90. The fourth-order valence-electron chi connectivity index (χ4n) is 3.74. The molecule has 0 saturated heterocycles. The van der Waals surface area contributed by atoms with Crippen molar-refractivity contribution in [2.24, 2.45) is 0 Å². The van der Waals surface area contributed by atoms with Crippen LogP contribution in [0.3, 0.4) is 0 Å². The Bertz CT molecular complexity index is 1160. The molecule has 3 nitrogen and oxygen atoms in total. The maximum Gasteiger partial charge on any atom is 0.307 e. The van der Waals surface area contributed by atoms with E-state index in [1.807, 2.05) is 114 Å². The molecule has 4 aromatic carbocycles.